The van der Waals surface area contributed by atoms with E-state index < -0.39 is 7.67 Å². The maximum Gasteiger partial charge on any atom is 0.341 e. The molecule has 1 unspecified atom stereocenters. The van der Waals surface area contributed by atoms with Gasteiger partial charge in [0, 0.05) is 24.8 Å². The Balaban J connectivity index is 4.27. The van der Waals surface area contributed by atoms with Crippen LogP contribution in [-0.2, 0) is 9.09 Å². The van der Waals surface area contributed by atoms with Crippen molar-refractivity contribution in [2.75, 3.05) is 31.5 Å². The lowest BCUT2D eigenvalue weighted by atomic mass is 10.6. The first-order chi connectivity index (χ1) is 7.08. The Labute approximate surface area is 99.3 Å². The second kappa shape index (κ2) is 8.39. The molecular weight excluding hydrogens is 262 g/mol. The van der Waals surface area contributed by atoms with Crippen LogP contribution in [0.1, 0.15) is 0 Å². The molecule has 0 aliphatic rings. The summed E-state index contributed by atoms with van der Waals surface area (Å²) in [5.41, 5.74) is 5.50. The summed E-state index contributed by atoms with van der Waals surface area (Å²) in [6, 6.07) is 0. The van der Waals surface area contributed by atoms with Gasteiger partial charge in [-0.3, -0.25) is 4.57 Å². The Kier molecular flexibility index (Phi) is 8.52. The Bertz CT molecular complexity index is 234. The quantitative estimate of drug-likeness (QED) is 0.402. The summed E-state index contributed by atoms with van der Waals surface area (Å²) in [5.74, 6) is 0.578. The lowest BCUT2D eigenvalue weighted by Gasteiger charge is -2.25. The smallest absolute Gasteiger partial charge is 0.341 e. The molecule has 0 rings (SSSR count). The van der Waals surface area contributed by atoms with Crippen LogP contribution in [-0.4, -0.2) is 41.2 Å². The zero-order valence-corrected chi connectivity index (χ0v) is 10.6. The molecule has 8 heteroatoms. The van der Waals surface area contributed by atoms with Gasteiger partial charge in [-0.1, -0.05) is 0 Å². The van der Waals surface area contributed by atoms with Crippen molar-refractivity contribution < 1.29 is 14.2 Å². The number of nitrogens with two attached hydrogens (primary N) is 1. The highest BCUT2D eigenvalue weighted by Crippen LogP contribution is 2.41. The van der Waals surface area contributed by atoms with E-state index in [4.69, 9.17) is 38.3 Å². The van der Waals surface area contributed by atoms with E-state index in [9.17, 15) is 4.57 Å². The van der Waals surface area contributed by atoms with E-state index in [1.54, 1.807) is 0 Å². The van der Waals surface area contributed by atoms with E-state index in [1.807, 2.05) is 0 Å². The molecule has 0 aromatic heterocycles. The monoisotopic (exact) mass is 276 g/mol. The highest BCUT2D eigenvalue weighted by Gasteiger charge is 2.25. The standard InChI is InChI=1S/C7H15Cl2N2O3P/c8-2-4-11(5-3-9)15(10,13)14-7-1-6-12/h1,6,12H,2-5,7H2,(H2,10,13)/b6-1+. The molecule has 0 aromatic rings. The van der Waals surface area contributed by atoms with Crippen molar-refractivity contribution in [3.05, 3.63) is 12.3 Å². The predicted molar refractivity (Wildman–Crippen MR) is 62.5 cm³/mol. The third-order valence-electron chi connectivity index (χ3n) is 1.54. The van der Waals surface area contributed by atoms with Crippen molar-refractivity contribution in [2.45, 2.75) is 0 Å². The highest BCUT2D eigenvalue weighted by molar-refractivity contribution is 7.53. The Morgan fingerprint density at radius 3 is 2.33 bits per heavy atom. The molecule has 0 spiro atoms. The van der Waals surface area contributed by atoms with Crippen LogP contribution in [0.15, 0.2) is 12.3 Å². The maximum absolute atomic E-state index is 11.8. The molecular formula is C7H15Cl2N2O3P. The summed E-state index contributed by atoms with van der Waals surface area (Å²) in [4.78, 5) is 0. The summed E-state index contributed by atoms with van der Waals surface area (Å²) < 4.78 is 18.2. The van der Waals surface area contributed by atoms with E-state index in [0.717, 1.165) is 6.26 Å². The van der Waals surface area contributed by atoms with E-state index in [2.05, 4.69) is 0 Å². The molecule has 0 aliphatic heterocycles. The predicted octanol–water partition coefficient (Wildman–Crippen LogP) is 1.92. The molecule has 1 atom stereocenters. The van der Waals surface area contributed by atoms with Gasteiger partial charge in [0.1, 0.15) is 0 Å². The minimum Gasteiger partial charge on any atom is -0.516 e. The minimum atomic E-state index is -3.36. The number of halogens is 2. The lowest BCUT2D eigenvalue weighted by molar-refractivity contribution is 0.290. The molecule has 0 heterocycles. The van der Waals surface area contributed by atoms with Crippen LogP contribution >= 0.6 is 30.9 Å². The number of alkyl halides is 2. The van der Waals surface area contributed by atoms with Gasteiger partial charge in [0.2, 0.25) is 0 Å². The molecule has 0 saturated heterocycles. The molecule has 0 saturated carbocycles. The van der Waals surface area contributed by atoms with Crippen molar-refractivity contribution in [3.63, 3.8) is 0 Å². The number of hydrogen-bond donors (Lipinski definition) is 2. The molecule has 0 radical (unpaired) electrons. The summed E-state index contributed by atoms with van der Waals surface area (Å²) in [6.45, 7) is 0.654. The highest BCUT2D eigenvalue weighted by atomic mass is 35.5. The normalized spacial score (nSPS) is 16.0. The van der Waals surface area contributed by atoms with Crippen LogP contribution in [0, 0.1) is 0 Å². The lowest BCUT2D eigenvalue weighted by Crippen LogP contribution is -2.29. The summed E-state index contributed by atoms with van der Waals surface area (Å²) in [7, 11) is -3.36. The fourth-order valence-corrected chi connectivity index (χ4v) is 2.72. The average Bonchev–Trinajstić information content (AvgIpc) is 2.18. The van der Waals surface area contributed by atoms with Gasteiger partial charge in [0.25, 0.3) is 0 Å². The van der Waals surface area contributed by atoms with Crippen LogP contribution in [0.25, 0.3) is 0 Å². The van der Waals surface area contributed by atoms with Crippen molar-refractivity contribution in [1.82, 2.24) is 4.67 Å². The third kappa shape index (κ3) is 6.40. The second-order valence-electron chi connectivity index (χ2n) is 2.58. The zero-order chi connectivity index (χ0) is 11.7. The van der Waals surface area contributed by atoms with Gasteiger partial charge in [0.15, 0.2) is 0 Å². The SMILES string of the molecule is NP(=O)(OC/C=C/O)N(CCCl)CCCl. The second-order valence-corrected chi connectivity index (χ2v) is 5.28. The van der Waals surface area contributed by atoms with Crippen molar-refractivity contribution in [1.29, 1.82) is 0 Å². The van der Waals surface area contributed by atoms with E-state index in [1.165, 1.54) is 10.7 Å². The first-order valence-corrected chi connectivity index (χ1v) is 6.99. The zero-order valence-electron chi connectivity index (χ0n) is 8.18. The van der Waals surface area contributed by atoms with Gasteiger partial charge in [-0.25, -0.2) is 10.2 Å². The Morgan fingerprint density at radius 1 is 1.40 bits per heavy atom. The summed E-state index contributed by atoms with van der Waals surface area (Å²) >= 11 is 11.1. The first kappa shape index (κ1) is 15.2. The van der Waals surface area contributed by atoms with E-state index in [-0.39, 0.29) is 18.4 Å². The van der Waals surface area contributed by atoms with Crippen LogP contribution < -0.4 is 5.50 Å². The molecule has 0 amide bonds. The Morgan fingerprint density at radius 2 is 1.93 bits per heavy atom. The van der Waals surface area contributed by atoms with Gasteiger partial charge in [-0.2, -0.15) is 0 Å². The first-order valence-electron chi connectivity index (χ1n) is 4.28. The van der Waals surface area contributed by atoms with Crippen LogP contribution in [0.3, 0.4) is 0 Å². The van der Waals surface area contributed by atoms with Crippen molar-refractivity contribution in [3.8, 4) is 0 Å². The number of rotatable bonds is 8. The molecule has 0 bridgehead atoms. The summed E-state index contributed by atoms with van der Waals surface area (Å²) in [5, 5.41) is 8.36. The molecule has 15 heavy (non-hydrogen) atoms. The van der Waals surface area contributed by atoms with Crippen molar-refractivity contribution in [2.24, 2.45) is 5.50 Å². The number of hydrogen-bond acceptors (Lipinski definition) is 3. The van der Waals surface area contributed by atoms with E-state index >= 15 is 0 Å². The molecule has 0 fully saturated rings. The largest absolute Gasteiger partial charge is 0.516 e. The fourth-order valence-electron chi connectivity index (χ4n) is 0.860. The molecule has 5 nitrogen and oxygen atoms in total. The third-order valence-corrected chi connectivity index (χ3v) is 3.59. The Hall–Kier alpha value is 0.230. The molecule has 3 N–H and O–H groups in total. The van der Waals surface area contributed by atoms with Crippen LogP contribution in [0.5, 0.6) is 0 Å². The van der Waals surface area contributed by atoms with Gasteiger partial charge in [0.05, 0.1) is 12.9 Å². The topological polar surface area (TPSA) is 75.8 Å². The van der Waals surface area contributed by atoms with E-state index in [0.29, 0.717) is 13.1 Å². The van der Waals surface area contributed by atoms with Gasteiger partial charge in [-0.05, 0) is 6.08 Å². The maximum atomic E-state index is 11.8. The van der Waals surface area contributed by atoms with Crippen molar-refractivity contribution >= 4 is 30.9 Å². The number of nitrogens with zero attached hydrogens (tertiary/aromatic N) is 1. The fraction of sp³-hybridized carbons (Fsp3) is 0.714. The van der Waals surface area contributed by atoms with Gasteiger partial charge < -0.3 is 9.63 Å². The number of aliphatic hydroxyl groups excluding tert-OH is 1. The molecule has 0 aromatic carbocycles. The van der Waals surface area contributed by atoms with Crippen LogP contribution in [0.4, 0.5) is 0 Å². The molecule has 0 aliphatic carbocycles. The average molecular weight is 277 g/mol. The van der Waals surface area contributed by atoms with Gasteiger partial charge in [-0.15, -0.1) is 23.2 Å². The van der Waals surface area contributed by atoms with Crippen LogP contribution in [0.2, 0.25) is 0 Å². The minimum absolute atomic E-state index is 0.0225. The summed E-state index contributed by atoms with van der Waals surface area (Å²) in [6.07, 6.45) is 2.09. The van der Waals surface area contributed by atoms with Gasteiger partial charge >= 0.3 is 7.67 Å². The molecule has 90 valence electrons. The number of aliphatic hydroxyl groups is 1.